The van der Waals surface area contributed by atoms with Crippen molar-refractivity contribution in [2.45, 2.75) is 31.5 Å². The molecule has 2 fully saturated rings. The summed E-state index contributed by atoms with van der Waals surface area (Å²) in [5.74, 6) is -0.267. The normalized spacial score (nSPS) is 39.3. The van der Waals surface area contributed by atoms with Gasteiger partial charge >= 0.3 is 0 Å². The zero-order valence-electron chi connectivity index (χ0n) is 6.67. The van der Waals surface area contributed by atoms with Crippen molar-refractivity contribution in [1.82, 2.24) is 0 Å². The maximum Gasteiger partial charge on any atom is 0.173 e. The van der Waals surface area contributed by atoms with Gasteiger partial charge in [-0.2, -0.15) is 0 Å². The smallest absolute Gasteiger partial charge is 0.173 e. The molecule has 0 aliphatic carbocycles. The van der Waals surface area contributed by atoms with E-state index in [4.69, 9.17) is 14.2 Å². The molecule has 3 heteroatoms. The maximum atomic E-state index is 5.60. The Morgan fingerprint density at radius 3 is 2.55 bits per heavy atom. The first-order valence-corrected chi connectivity index (χ1v) is 4.27. The average Bonchev–Trinajstić information content (AvgIpc) is 2.07. The van der Waals surface area contributed by atoms with Gasteiger partial charge in [0, 0.05) is 12.8 Å². The molecular formula is C8H14O3. The van der Waals surface area contributed by atoms with E-state index < -0.39 is 0 Å². The van der Waals surface area contributed by atoms with Crippen LogP contribution in [0.1, 0.15) is 25.7 Å². The molecule has 0 aromatic heterocycles. The molecule has 2 saturated heterocycles. The number of hydrogen-bond acceptors (Lipinski definition) is 3. The van der Waals surface area contributed by atoms with E-state index in [1.165, 1.54) is 12.8 Å². The largest absolute Gasteiger partial charge is 0.355 e. The highest BCUT2D eigenvalue weighted by Gasteiger charge is 2.36. The van der Waals surface area contributed by atoms with E-state index >= 15 is 0 Å². The first kappa shape index (κ1) is 7.53. The lowest BCUT2D eigenvalue weighted by Gasteiger charge is -2.39. The molecule has 2 heterocycles. The standard InChI is InChI=1S/C8H14O3/c1-2-5-10-8(3-1)4-6-9-7-11-8/h1-7H2. The lowest BCUT2D eigenvalue weighted by molar-refractivity contribution is -0.321. The fourth-order valence-electron chi connectivity index (χ4n) is 1.65. The van der Waals surface area contributed by atoms with Crippen LogP contribution in [0.4, 0.5) is 0 Å². The van der Waals surface area contributed by atoms with Crippen LogP contribution in [0.2, 0.25) is 0 Å². The minimum Gasteiger partial charge on any atom is -0.355 e. The first-order chi connectivity index (χ1) is 5.41. The molecule has 11 heavy (non-hydrogen) atoms. The lowest BCUT2D eigenvalue weighted by Crippen LogP contribution is -2.43. The van der Waals surface area contributed by atoms with Crippen LogP contribution in [0.25, 0.3) is 0 Å². The topological polar surface area (TPSA) is 27.7 Å². The third-order valence-corrected chi connectivity index (χ3v) is 2.35. The van der Waals surface area contributed by atoms with Crippen LogP contribution in [0.3, 0.4) is 0 Å². The highest BCUT2D eigenvalue weighted by molar-refractivity contribution is 4.75. The molecule has 0 bridgehead atoms. The van der Waals surface area contributed by atoms with Crippen LogP contribution in [-0.2, 0) is 14.2 Å². The van der Waals surface area contributed by atoms with E-state index in [0.717, 1.165) is 26.1 Å². The van der Waals surface area contributed by atoms with Crippen molar-refractivity contribution in [3.8, 4) is 0 Å². The SMILES string of the molecule is C1CCC2(CCOCO2)OC1. The van der Waals surface area contributed by atoms with Gasteiger partial charge in [0.05, 0.1) is 13.2 Å². The summed E-state index contributed by atoms with van der Waals surface area (Å²) in [6, 6.07) is 0. The molecule has 1 spiro atoms. The van der Waals surface area contributed by atoms with E-state index in [0.29, 0.717) is 6.79 Å². The number of rotatable bonds is 0. The van der Waals surface area contributed by atoms with Crippen molar-refractivity contribution >= 4 is 0 Å². The quantitative estimate of drug-likeness (QED) is 0.531. The van der Waals surface area contributed by atoms with Crippen LogP contribution in [-0.4, -0.2) is 25.8 Å². The van der Waals surface area contributed by atoms with Crippen molar-refractivity contribution in [3.63, 3.8) is 0 Å². The van der Waals surface area contributed by atoms with Crippen LogP contribution >= 0.6 is 0 Å². The molecular weight excluding hydrogens is 144 g/mol. The van der Waals surface area contributed by atoms with E-state index in [-0.39, 0.29) is 5.79 Å². The Morgan fingerprint density at radius 1 is 0.909 bits per heavy atom. The predicted molar refractivity (Wildman–Crippen MR) is 39.1 cm³/mol. The minimum atomic E-state index is -0.267. The summed E-state index contributed by atoms with van der Waals surface area (Å²) < 4.78 is 16.2. The van der Waals surface area contributed by atoms with Gasteiger partial charge in [0.2, 0.25) is 0 Å². The van der Waals surface area contributed by atoms with Crippen molar-refractivity contribution in [2.75, 3.05) is 20.0 Å². The molecule has 2 aliphatic rings. The molecule has 0 radical (unpaired) electrons. The van der Waals surface area contributed by atoms with Gasteiger partial charge in [-0.15, -0.1) is 0 Å². The Morgan fingerprint density at radius 2 is 1.91 bits per heavy atom. The molecule has 2 aliphatic heterocycles. The summed E-state index contributed by atoms with van der Waals surface area (Å²) >= 11 is 0. The Balaban J connectivity index is 1.94. The number of ether oxygens (including phenoxy) is 3. The van der Waals surface area contributed by atoms with E-state index in [2.05, 4.69) is 0 Å². The predicted octanol–water partition coefficient (Wildman–Crippen LogP) is 1.28. The minimum absolute atomic E-state index is 0.267. The molecule has 64 valence electrons. The van der Waals surface area contributed by atoms with Gasteiger partial charge < -0.3 is 14.2 Å². The monoisotopic (exact) mass is 158 g/mol. The molecule has 0 saturated carbocycles. The molecule has 0 aromatic rings. The summed E-state index contributed by atoms with van der Waals surface area (Å²) in [6.45, 7) is 2.03. The molecule has 0 N–H and O–H groups in total. The first-order valence-electron chi connectivity index (χ1n) is 4.27. The average molecular weight is 158 g/mol. The summed E-state index contributed by atoms with van der Waals surface area (Å²) in [7, 11) is 0. The molecule has 1 unspecified atom stereocenters. The third kappa shape index (κ3) is 1.55. The van der Waals surface area contributed by atoms with Gasteiger partial charge in [0.25, 0.3) is 0 Å². The van der Waals surface area contributed by atoms with Crippen LogP contribution < -0.4 is 0 Å². The lowest BCUT2D eigenvalue weighted by atomic mass is 10.0. The van der Waals surface area contributed by atoms with E-state index in [1.807, 2.05) is 0 Å². The second-order valence-electron chi connectivity index (χ2n) is 3.14. The Bertz CT molecular complexity index is 104. The molecule has 0 aromatic carbocycles. The Kier molecular flexibility index (Phi) is 2.11. The Hall–Kier alpha value is -0.120. The van der Waals surface area contributed by atoms with Gasteiger partial charge in [0.1, 0.15) is 6.79 Å². The summed E-state index contributed by atoms with van der Waals surface area (Å²) in [5.41, 5.74) is 0. The third-order valence-electron chi connectivity index (χ3n) is 2.35. The Labute approximate surface area is 66.6 Å². The molecule has 3 nitrogen and oxygen atoms in total. The second kappa shape index (κ2) is 3.09. The van der Waals surface area contributed by atoms with E-state index in [1.54, 1.807) is 0 Å². The second-order valence-corrected chi connectivity index (χ2v) is 3.14. The van der Waals surface area contributed by atoms with Gasteiger partial charge in [0.15, 0.2) is 5.79 Å². The van der Waals surface area contributed by atoms with Crippen molar-refractivity contribution in [2.24, 2.45) is 0 Å². The molecule has 0 amide bonds. The van der Waals surface area contributed by atoms with Gasteiger partial charge in [-0.1, -0.05) is 0 Å². The highest BCUT2D eigenvalue weighted by Crippen LogP contribution is 2.31. The molecule has 2 rings (SSSR count). The number of hydrogen-bond donors (Lipinski definition) is 0. The molecule has 1 atom stereocenters. The van der Waals surface area contributed by atoms with Gasteiger partial charge in [-0.05, 0) is 12.8 Å². The van der Waals surface area contributed by atoms with Crippen LogP contribution in [0, 0.1) is 0 Å². The van der Waals surface area contributed by atoms with Crippen molar-refractivity contribution in [1.29, 1.82) is 0 Å². The van der Waals surface area contributed by atoms with Crippen molar-refractivity contribution in [3.05, 3.63) is 0 Å². The van der Waals surface area contributed by atoms with Gasteiger partial charge in [-0.25, -0.2) is 0 Å². The van der Waals surface area contributed by atoms with Crippen LogP contribution in [0.15, 0.2) is 0 Å². The highest BCUT2D eigenvalue weighted by atomic mass is 16.8. The summed E-state index contributed by atoms with van der Waals surface area (Å²) in [4.78, 5) is 0. The zero-order valence-corrected chi connectivity index (χ0v) is 6.67. The summed E-state index contributed by atoms with van der Waals surface area (Å²) in [6.07, 6.45) is 4.33. The zero-order chi connectivity index (χ0) is 7.57. The van der Waals surface area contributed by atoms with Gasteiger partial charge in [-0.3, -0.25) is 0 Å². The maximum absolute atomic E-state index is 5.60. The summed E-state index contributed by atoms with van der Waals surface area (Å²) in [5, 5.41) is 0. The van der Waals surface area contributed by atoms with Crippen molar-refractivity contribution < 1.29 is 14.2 Å². The fourth-order valence-corrected chi connectivity index (χ4v) is 1.65. The fraction of sp³-hybridized carbons (Fsp3) is 1.00. The van der Waals surface area contributed by atoms with E-state index in [9.17, 15) is 0 Å². The van der Waals surface area contributed by atoms with Crippen LogP contribution in [0.5, 0.6) is 0 Å².